The van der Waals surface area contributed by atoms with E-state index < -0.39 is 11.9 Å². The standard InChI is InChI=1S/C6H10O3S/c1-5(7)9-6(8)3-4-10-2/h3-4H2,1-2H3. The van der Waals surface area contributed by atoms with E-state index in [4.69, 9.17) is 0 Å². The molecule has 0 radical (unpaired) electrons. The third-order valence-corrected chi connectivity index (χ3v) is 1.38. The van der Waals surface area contributed by atoms with Crippen molar-refractivity contribution in [3.8, 4) is 0 Å². The molecule has 0 N–H and O–H groups in total. The van der Waals surface area contributed by atoms with Crippen molar-refractivity contribution in [3.63, 3.8) is 0 Å². The Morgan fingerprint density at radius 2 is 2.10 bits per heavy atom. The second kappa shape index (κ2) is 5.29. The molecule has 0 fully saturated rings. The molecular formula is C6H10O3S. The fraction of sp³-hybridized carbons (Fsp3) is 0.667. The molecule has 0 aliphatic rings. The van der Waals surface area contributed by atoms with Gasteiger partial charge in [-0.2, -0.15) is 11.8 Å². The van der Waals surface area contributed by atoms with E-state index in [1.807, 2.05) is 6.26 Å². The highest BCUT2D eigenvalue weighted by molar-refractivity contribution is 7.98. The van der Waals surface area contributed by atoms with Gasteiger partial charge in [-0.1, -0.05) is 0 Å². The van der Waals surface area contributed by atoms with Crippen molar-refractivity contribution in [2.45, 2.75) is 13.3 Å². The largest absolute Gasteiger partial charge is 0.393 e. The first-order valence-electron chi connectivity index (χ1n) is 2.87. The fourth-order valence-corrected chi connectivity index (χ4v) is 0.768. The molecule has 0 aromatic carbocycles. The van der Waals surface area contributed by atoms with Gasteiger partial charge >= 0.3 is 11.9 Å². The highest BCUT2D eigenvalue weighted by atomic mass is 32.2. The maximum absolute atomic E-state index is 10.6. The third-order valence-electron chi connectivity index (χ3n) is 0.768. The second-order valence-corrected chi connectivity index (χ2v) is 2.69. The summed E-state index contributed by atoms with van der Waals surface area (Å²) >= 11 is 1.54. The van der Waals surface area contributed by atoms with Crippen LogP contribution in [0.4, 0.5) is 0 Å². The summed E-state index contributed by atoms with van der Waals surface area (Å²) in [4.78, 5) is 20.7. The van der Waals surface area contributed by atoms with E-state index in [0.29, 0.717) is 12.2 Å². The van der Waals surface area contributed by atoms with E-state index in [2.05, 4.69) is 4.74 Å². The number of esters is 2. The van der Waals surface area contributed by atoms with Crippen LogP contribution < -0.4 is 0 Å². The zero-order chi connectivity index (χ0) is 7.98. The van der Waals surface area contributed by atoms with Gasteiger partial charge in [-0.15, -0.1) is 0 Å². The highest BCUT2D eigenvalue weighted by Gasteiger charge is 2.03. The number of carbonyl (C=O) groups excluding carboxylic acids is 2. The van der Waals surface area contributed by atoms with Crippen LogP contribution in [0.15, 0.2) is 0 Å². The van der Waals surface area contributed by atoms with Crippen LogP contribution >= 0.6 is 11.8 Å². The zero-order valence-electron chi connectivity index (χ0n) is 6.05. The van der Waals surface area contributed by atoms with Gasteiger partial charge in [0, 0.05) is 12.7 Å². The SMILES string of the molecule is CSCCC(=O)OC(C)=O. The average molecular weight is 162 g/mol. The van der Waals surface area contributed by atoms with Crippen LogP contribution in [0.1, 0.15) is 13.3 Å². The van der Waals surface area contributed by atoms with E-state index in [0.717, 1.165) is 0 Å². The van der Waals surface area contributed by atoms with E-state index >= 15 is 0 Å². The van der Waals surface area contributed by atoms with Crippen molar-refractivity contribution in [1.82, 2.24) is 0 Å². The summed E-state index contributed by atoms with van der Waals surface area (Å²) < 4.78 is 4.26. The summed E-state index contributed by atoms with van der Waals surface area (Å²) in [5.41, 5.74) is 0. The number of carbonyl (C=O) groups is 2. The van der Waals surface area contributed by atoms with Crippen LogP contribution in [-0.2, 0) is 14.3 Å². The Kier molecular flexibility index (Phi) is 5.02. The van der Waals surface area contributed by atoms with Gasteiger partial charge in [-0.05, 0) is 6.26 Å². The monoisotopic (exact) mass is 162 g/mol. The summed E-state index contributed by atoms with van der Waals surface area (Å²) in [6.45, 7) is 1.22. The molecule has 0 unspecified atom stereocenters. The Hall–Kier alpha value is -0.510. The Morgan fingerprint density at radius 1 is 1.50 bits per heavy atom. The average Bonchev–Trinajstić information content (AvgIpc) is 1.82. The van der Waals surface area contributed by atoms with Gasteiger partial charge in [0.15, 0.2) is 0 Å². The maximum Gasteiger partial charge on any atom is 0.314 e. The number of thioether (sulfide) groups is 1. The van der Waals surface area contributed by atoms with Gasteiger partial charge in [0.05, 0.1) is 6.42 Å². The van der Waals surface area contributed by atoms with Crippen molar-refractivity contribution < 1.29 is 14.3 Å². The molecule has 0 saturated heterocycles. The van der Waals surface area contributed by atoms with Crippen LogP contribution in [-0.4, -0.2) is 23.9 Å². The molecule has 3 nitrogen and oxygen atoms in total. The molecular weight excluding hydrogens is 152 g/mol. The number of rotatable bonds is 3. The van der Waals surface area contributed by atoms with Crippen LogP contribution in [0.3, 0.4) is 0 Å². The Bertz CT molecular complexity index is 133. The number of ether oxygens (including phenoxy) is 1. The lowest BCUT2D eigenvalue weighted by atomic mass is 10.5. The summed E-state index contributed by atoms with van der Waals surface area (Å²) in [5.74, 6) is -0.278. The molecule has 58 valence electrons. The Labute approximate surface area is 64.1 Å². The molecule has 0 amide bonds. The maximum atomic E-state index is 10.6. The molecule has 0 aliphatic carbocycles. The van der Waals surface area contributed by atoms with E-state index in [-0.39, 0.29) is 0 Å². The first-order valence-corrected chi connectivity index (χ1v) is 4.26. The van der Waals surface area contributed by atoms with Crippen LogP contribution in [0.2, 0.25) is 0 Å². The van der Waals surface area contributed by atoms with Gasteiger partial charge in [0.1, 0.15) is 0 Å². The zero-order valence-corrected chi connectivity index (χ0v) is 6.86. The number of hydrogen-bond acceptors (Lipinski definition) is 4. The first kappa shape index (κ1) is 9.49. The van der Waals surface area contributed by atoms with Gasteiger partial charge in [0.2, 0.25) is 0 Å². The molecule has 4 heteroatoms. The van der Waals surface area contributed by atoms with Crippen molar-refractivity contribution in [3.05, 3.63) is 0 Å². The van der Waals surface area contributed by atoms with Gasteiger partial charge in [-0.3, -0.25) is 9.59 Å². The van der Waals surface area contributed by atoms with Crippen molar-refractivity contribution in [1.29, 1.82) is 0 Å². The predicted molar refractivity (Wildman–Crippen MR) is 39.8 cm³/mol. The van der Waals surface area contributed by atoms with Crippen molar-refractivity contribution >= 4 is 23.7 Å². The lowest BCUT2D eigenvalue weighted by Crippen LogP contribution is -2.09. The molecule has 0 bridgehead atoms. The Balaban J connectivity index is 3.35. The number of hydrogen-bond donors (Lipinski definition) is 0. The highest BCUT2D eigenvalue weighted by Crippen LogP contribution is 1.96. The normalized spacial score (nSPS) is 9.00. The summed E-state index contributed by atoms with van der Waals surface area (Å²) in [5, 5.41) is 0. The molecule has 0 rings (SSSR count). The summed E-state index contributed by atoms with van der Waals surface area (Å²) in [6, 6.07) is 0. The minimum absolute atomic E-state index is 0.306. The molecule has 0 heterocycles. The van der Waals surface area contributed by atoms with Crippen LogP contribution in [0.5, 0.6) is 0 Å². The summed E-state index contributed by atoms with van der Waals surface area (Å²) in [6.07, 6.45) is 2.20. The van der Waals surface area contributed by atoms with Crippen LogP contribution in [0, 0.1) is 0 Å². The molecule has 0 aliphatic heterocycles. The first-order chi connectivity index (χ1) is 4.66. The van der Waals surface area contributed by atoms with E-state index in [1.165, 1.54) is 6.92 Å². The third kappa shape index (κ3) is 5.62. The summed E-state index contributed by atoms with van der Waals surface area (Å²) in [7, 11) is 0. The van der Waals surface area contributed by atoms with Crippen molar-refractivity contribution in [2.75, 3.05) is 12.0 Å². The topological polar surface area (TPSA) is 43.4 Å². The molecule has 0 aromatic rings. The van der Waals surface area contributed by atoms with Crippen LogP contribution in [0.25, 0.3) is 0 Å². The quantitative estimate of drug-likeness (QED) is 0.455. The van der Waals surface area contributed by atoms with Gasteiger partial charge in [-0.25, -0.2) is 0 Å². The lowest BCUT2D eigenvalue weighted by molar-refractivity contribution is -0.157. The molecule has 10 heavy (non-hydrogen) atoms. The minimum atomic E-state index is -0.536. The smallest absolute Gasteiger partial charge is 0.314 e. The molecule has 0 atom stereocenters. The minimum Gasteiger partial charge on any atom is -0.393 e. The Morgan fingerprint density at radius 3 is 2.50 bits per heavy atom. The van der Waals surface area contributed by atoms with Crippen molar-refractivity contribution in [2.24, 2.45) is 0 Å². The fourth-order valence-electron chi connectivity index (χ4n) is 0.397. The van der Waals surface area contributed by atoms with Gasteiger partial charge < -0.3 is 4.74 Å². The molecule has 0 saturated carbocycles. The van der Waals surface area contributed by atoms with E-state index in [9.17, 15) is 9.59 Å². The predicted octanol–water partition coefficient (Wildman–Crippen LogP) is 0.829. The lowest BCUT2D eigenvalue weighted by Gasteiger charge is -1.96. The second-order valence-electron chi connectivity index (χ2n) is 1.71. The molecule has 0 aromatic heterocycles. The molecule has 0 spiro atoms. The van der Waals surface area contributed by atoms with E-state index in [1.54, 1.807) is 11.8 Å². The van der Waals surface area contributed by atoms with Gasteiger partial charge in [0.25, 0.3) is 0 Å².